The SMILES string of the molecule is CC(=O)C1(Cc2cc(F)cc(F)c2)CCOC1=O. The molecule has 2 rings (SSSR count). The fourth-order valence-corrected chi connectivity index (χ4v) is 2.22. The van der Waals surface area contributed by atoms with Gasteiger partial charge in [0, 0.05) is 12.5 Å². The van der Waals surface area contributed by atoms with Crippen LogP contribution in [0.5, 0.6) is 0 Å². The molecular formula is C13H12F2O3. The van der Waals surface area contributed by atoms with Gasteiger partial charge in [-0.15, -0.1) is 0 Å². The van der Waals surface area contributed by atoms with E-state index in [1.807, 2.05) is 0 Å². The molecule has 18 heavy (non-hydrogen) atoms. The Bertz CT molecular complexity index is 493. The molecule has 3 nitrogen and oxygen atoms in total. The second kappa shape index (κ2) is 4.48. The van der Waals surface area contributed by atoms with Crippen LogP contribution in [0.2, 0.25) is 0 Å². The van der Waals surface area contributed by atoms with E-state index >= 15 is 0 Å². The van der Waals surface area contributed by atoms with E-state index in [-0.39, 0.29) is 30.8 Å². The molecule has 1 heterocycles. The van der Waals surface area contributed by atoms with Crippen LogP contribution in [-0.2, 0) is 20.7 Å². The van der Waals surface area contributed by atoms with Gasteiger partial charge in [-0.2, -0.15) is 0 Å². The minimum absolute atomic E-state index is 0.0319. The number of carbonyl (C=O) groups is 2. The maximum Gasteiger partial charge on any atom is 0.320 e. The van der Waals surface area contributed by atoms with Crippen molar-refractivity contribution in [2.75, 3.05) is 6.61 Å². The van der Waals surface area contributed by atoms with Crippen LogP contribution in [0.3, 0.4) is 0 Å². The molecule has 1 fully saturated rings. The second-order valence-corrected chi connectivity index (χ2v) is 4.48. The summed E-state index contributed by atoms with van der Waals surface area (Å²) in [4.78, 5) is 23.3. The molecule has 5 heteroatoms. The lowest BCUT2D eigenvalue weighted by atomic mass is 9.77. The highest BCUT2D eigenvalue weighted by Gasteiger charge is 2.48. The molecule has 1 saturated heterocycles. The Morgan fingerprint density at radius 3 is 2.39 bits per heavy atom. The quantitative estimate of drug-likeness (QED) is 0.612. The largest absolute Gasteiger partial charge is 0.465 e. The van der Waals surface area contributed by atoms with Gasteiger partial charge in [0.1, 0.15) is 22.8 Å². The Morgan fingerprint density at radius 2 is 1.94 bits per heavy atom. The molecule has 0 saturated carbocycles. The number of Topliss-reactive ketones (excluding diaryl/α,β-unsaturated/α-hetero) is 1. The van der Waals surface area contributed by atoms with E-state index in [2.05, 4.69) is 0 Å². The van der Waals surface area contributed by atoms with Crippen LogP contribution < -0.4 is 0 Å². The van der Waals surface area contributed by atoms with Gasteiger partial charge in [0.25, 0.3) is 0 Å². The van der Waals surface area contributed by atoms with Crippen molar-refractivity contribution in [1.82, 2.24) is 0 Å². The van der Waals surface area contributed by atoms with E-state index in [0.717, 1.165) is 18.2 Å². The van der Waals surface area contributed by atoms with Gasteiger partial charge in [-0.3, -0.25) is 9.59 Å². The molecule has 1 aromatic rings. The van der Waals surface area contributed by atoms with Gasteiger partial charge in [-0.05, 0) is 31.0 Å². The van der Waals surface area contributed by atoms with Crippen LogP contribution in [0.15, 0.2) is 18.2 Å². The third kappa shape index (κ3) is 2.12. The number of esters is 1. The van der Waals surface area contributed by atoms with Crippen molar-refractivity contribution in [1.29, 1.82) is 0 Å². The summed E-state index contributed by atoms with van der Waals surface area (Å²) in [5, 5.41) is 0. The number of hydrogen-bond acceptors (Lipinski definition) is 3. The number of hydrogen-bond donors (Lipinski definition) is 0. The van der Waals surface area contributed by atoms with E-state index in [9.17, 15) is 18.4 Å². The summed E-state index contributed by atoms with van der Waals surface area (Å²) in [5.74, 6) is -2.40. The zero-order valence-corrected chi connectivity index (χ0v) is 9.83. The minimum atomic E-state index is -1.29. The second-order valence-electron chi connectivity index (χ2n) is 4.48. The lowest BCUT2D eigenvalue weighted by Gasteiger charge is -2.21. The molecule has 0 spiro atoms. The van der Waals surface area contributed by atoms with Gasteiger partial charge in [0.2, 0.25) is 0 Å². The summed E-state index contributed by atoms with van der Waals surface area (Å²) in [6.07, 6.45) is 0.217. The zero-order chi connectivity index (χ0) is 13.3. The third-order valence-electron chi connectivity index (χ3n) is 3.25. The number of rotatable bonds is 3. The summed E-state index contributed by atoms with van der Waals surface area (Å²) in [5.41, 5.74) is -1.01. The maximum absolute atomic E-state index is 13.1. The van der Waals surface area contributed by atoms with Crippen molar-refractivity contribution < 1.29 is 23.1 Å². The molecule has 0 N–H and O–H groups in total. The molecule has 0 aliphatic carbocycles. The lowest BCUT2D eigenvalue weighted by Crippen LogP contribution is -2.36. The van der Waals surface area contributed by atoms with Gasteiger partial charge in [0.15, 0.2) is 0 Å². The Hall–Kier alpha value is -1.78. The minimum Gasteiger partial charge on any atom is -0.465 e. The Kier molecular flexibility index (Phi) is 3.15. The number of cyclic esters (lactones) is 1. The van der Waals surface area contributed by atoms with Crippen LogP contribution >= 0.6 is 0 Å². The highest BCUT2D eigenvalue weighted by molar-refractivity contribution is 6.04. The molecule has 0 aromatic heterocycles. The molecule has 0 bridgehead atoms. The number of ether oxygens (including phenoxy) is 1. The van der Waals surface area contributed by atoms with Crippen LogP contribution in [-0.4, -0.2) is 18.4 Å². The van der Waals surface area contributed by atoms with E-state index in [1.54, 1.807) is 0 Å². The van der Waals surface area contributed by atoms with Crippen molar-refractivity contribution in [2.45, 2.75) is 19.8 Å². The number of ketones is 1. The van der Waals surface area contributed by atoms with E-state index < -0.39 is 23.0 Å². The normalized spacial score (nSPS) is 22.9. The molecule has 96 valence electrons. The molecule has 1 unspecified atom stereocenters. The first-order chi connectivity index (χ1) is 8.44. The fraction of sp³-hybridized carbons (Fsp3) is 0.385. The van der Waals surface area contributed by atoms with Crippen LogP contribution in [0, 0.1) is 17.0 Å². The molecule has 1 atom stereocenters. The first kappa shape index (κ1) is 12.7. The predicted octanol–water partition coefficient (Wildman–Crippen LogP) is 2.03. The Labute approximate surface area is 103 Å². The topological polar surface area (TPSA) is 43.4 Å². The molecule has 0 radical (unpaired) electrons. The van der Waals surface area contributed by atoms with Crippen molar-refractivity contribution in [3.8, 4) is 0 Å². The van der Waals surface area contributed by atoms with Gasteiger partial charge >= 0.3 is 5.97 Å². The van der Waals surface area contributed by atoms with Gasteiger partial charge in [-0.25, -0.2) is 8.78 Å². The molecule has 0 amide bonds. The Balaban J connectivity index is 2.35. The van der Waals surface area contributed by atoms with E-state index in [1.165, 1.54) is 6.92 Å². The number of benzene rings is 1. The number of halogens is 2. The summed E-state index contributed by atoms with van der Waals surface area (Å²) < 4.78 is 31.0. The highest BCUT2D eigenvalue weighted by Crippen LogP contribution is 2.35. The molecule has 1 aliphatic rings. The smallest absolute Gasteiger partial charge is 0.320 e. The van der Waals surface area contributed by atoms with Crippen molar-refractivity contribution >= 4 is 11.8 Å². The molecular weight excluding hydrogens is 242 g/mol. The average Bonchev–Trinajstić information content (AvgIpc) is 2.59. The third-order valence-corrected chi connectivity index (χ3v) is 3.25. The Morgan fingerprint density at radius 1 is 1.33 bits per heavy atom. The summed E-state index contributed by atoms with van der Waals surface area (Å²) in [7, 11) is 0. The monoisotopic (exact) mass is 254 g/mol. The summed E-state index contributed by atoms with van der Waals surface area (Å²) in [6.45, 7) is 1.46. The van der Waals surface area contributed by atoms with Crippen molar-refractivity contribution in [3.05, 3.63) is 35.4 Å². The highest BCUT2D eigenvalue weighted by atomic mass is 19.1. The summed E-state index contributed by atoms with van der Waals surface area (Å²) >= 11 is 0. The molecule has 1 aromatic carbocycles. The van der Waals surface area contributed by atoms with E-state index in [4.69, 9.17) is 4.74 Å². The fourth-order valence-electron chi connectivity index (χ4n) is 2.22. The lowest BCUT2D eigenvalue weighted by molar-refractivity contribution is -0.150. The van der Waals surface area contributed by atoms with Gasteiger partial charge < -0.3 is 4.74 Å². The average molecular weight is 254 g/mol. The number of carbonyl (C=O) groups excluding carboxylic acids is 2. The van der Waals surface area contributed by atoms with Crippen molar-refractivity contribution in [3.63, 3.8) is 0 Å². The van der Waals surface area contributed by atoms with Crippen LogP contribution in [0.1, 0.15) is 18.9 Å². The van der Waals surface area contributed by atoms with Crippen molar-refractivity contribution in [2.24, 2.45) is 5.41 Å². The van der Waals surface area contributed by atoms with Gasteiger partial charge in [0.05, 0.1) is 6.61 Å². The van der Waals surface area contributed by atoms with Crippen LogP contribution in [0.25, 0.3) is 0 Å². The zero-order valence-electron chi connectivity index (χ0n) is 9.83. The maximum atomic E-state index is 13.1. The first-order valence-corrected chi connectivity index (χ1v) is 5.57. The van der Waals surface area contributed by atoms with E-state index in [0.29, 0.717) is 0 Å². The summed E-state index contributed by atoms with van der Waals surface area (Å²) in [6, 6.07) is 3.00. The molecule has 1 aliphatic heterocycles. The predicted molar refractivity (Wildman–Crippen MR) is 58.8 cm³/mol. The first-order valence-electron chi connectivity index (χ1n) is 5.57. The van der Waals surface area contributed by atoms with Crippen LogP contribution in [0.4, 0.5) is 8.78 Å². The standard InChI is InChI=1S/C13H12F2O3/c1-8(16)13(2-3-18-12(13)17)7-9-4-10(14)6-11(15)5-9/h4-6H,2-3,7H2,1H3. The van der Waals surface area contributed by atoms with Gasteiger partial charge in [-0.1, -0.05) is 0 Å².